The second-order valence-electron chi connectivity index (χ2n) is 2.86. The van der Waals surface area contributed by atoms with Crippen LogP contribution in [0.25, 0.3) is 0 Å². The average molecular weight is 232 g/mol. The number of carbonyl (C=O) groups is 2. The maximum Gasteiger partial charge on any atom is 0.490 e. The summed E-state index contributed by atoms with van der Waals surface area (Å²) in [6, 6.07) is 7.60. The van der Waals surface area contributed by atoms with Gasteiger partial charge in [-0.05, 0) is 0 Å². The first-order valence-corrected chi connectivity index (χ1v) is 4.23. The van der Waals surface area contributed by atoms with Gasteiger partial charge in [0, 0.05) is 5.56 Å². The van der Waals surface area contributed by atoms with Crippen LogP contribution in [-0.2, 0) is 9.53 Å². The number of hydrogen-bond acceptors (Lipinski definition) is 3. The van der Waals surface area contributed by atoms with Gasteiger partial charge in [0.05, 0.1) is 0 Å². The molecule has 0 amide bonds. The minimum absolute atomic E-state index is 0.192. The van der Waals surface area contributed by atoms with Crippen molar-refractivity contribution >= 4 is 11.8 Å². The van der Waals surface area contributed by atoms with Crippen LogP contribution >= 0.6 is 0 Å². The molecule has 16 heavy (non-hydrogen) atoms. The topological polar surface area (TPSA) is 43.4 Å². The van der Waals surface area contributed by atoms with E-state index in [0.29, 0.717) is 0 Å². The van der Waals surface area contributed by atoms with E-state index >= 15 is 0 Å². The van der Waals surface area contributed by atoms with Crippen molar-refractivity contribution in [2.75, 3.05) is 6.61 Å². The molecule has 0 aliphatic rings. The molecule has 1 aromatic rings. The summed E-state index contributed by atoms with van der Waals surface area (Å²) in [5.74, 6) is -3.05. The molecule has 0 fully saturated rings. The van der Waals surface area contributed by atoms with E-state index in [1.165, 1.54) is 12.1 Å². The smallest absolute Gasteiger partial charge is 0.451 e. The zero-order chi connectivity index (χ0) is 12.2. The number of ether oxygens (including phenoxy) is 1. The Labute approximate surface area is 88.8 Å². The summed E-state index contributed by atoms with van der Waals surface area (Å²) in [5, 5.41) is 0. The summed E-state index contributed by atoms with van der Waals surface area (Å²) in [7, 11) is 0. The molecule has 0 saturated heterocycles. The molecule has 0 atom stereocenters. The Hall–Kier alpha value is -1.85. The fraction of sp³-hybridized carbons (Fsp3) is 0.200. The van der Waals surface area contributed by atoms with Crippen LogP contribution in [-0.4, -0.2) is 24.5 Å². The highest BCUT2D eigenvalue weighted by atomic mass is 19.4. The quantitative estimate of drug-likeness (QED) is 0.591. The lowest BCUT2D eigenvalue weighted by atomic mass is 10.1. The highest BCUT2D eigenvalue weighted by Crippen LogP contribution is 2.16. The Balaban J connectivity index is 2.52. The Morgan fingerprint density at radius 1 is 1.12 bits per heavy atom. The van der Waals surface area contributed by atoms with E-state index in [1.807, 2.05) is 0 Å². The first-order valence-electron chi connectivity index (χ1n) is 4.23. The summed E-state index contributed by atoms with van der Waals surface area (Å²) < 4.78 is 39.0. The molecular weight excluding hydrogens is 225 g/mol. The van der Waals surface area contributed by atoms with Crippen molar-refractivity contribution in [3.05, 3.63) is 35.9 Å². The van der Waals surface area contributed by atoms with Gasteiger partial charge in [-0.1, -0.05) is 30.3 Å². The molecule has 0 saturated carbocycles. The second-order valence-corrected chi connectivity index (χ2v) is 2.86. The molecule has 6 heteroatoms. The molecule has 1 aromatic carbocycles. The number of alkyl halides is 3. The van der Waals surface area contributed by atoms with Crippen molar-refractivity contribution in [3.63, 3.8) is 0 Å². The van der Waals surface area contributed by atoms with E-state index in [2.05, 4.69) is 4.74 Å². The zero-order valence-corrected chi connectivity index (χ0v) is 7.95. The Bertz CT molecular complexity index is 384. The number of esters is 1. The van der Waals surface area contributed by atoms with Crippen LogP contribution in [0.3, 0.4) is 0 Å². The van der Waals surface area contributed by atoms with Crippen molar-refractivity contribution in [1.82, 2.24) is 0 Å². The third kappa shape index (κ3) is 3.38. The largest absolute Gasteiger partial charge is 0.490 e. The molecule has 0 unspecified atom stereocenters. The minimum atomic E-state index is -5.07. The summed E-state index contributed by atoms with van der Waals surface area (Å²) >= 11 is 0. The fourth-order valence-electron chi connectivity index (χ4n) is 0.920. The predicted molar refractivity (Wildman–Crippen MR) is 47.8 cm³/mol. The van der Waals surface area contributed by atoms with Gasteiger partial charge < -0.3 is 4.74 Å². The Morgan fingerprint density at radius 2 is 1.69 bits per heavy atom. The van der Waals surface area contributed by atoms with Crippen LogP contribution in [0.1, 0.15) is 10.4 Å². The van der Waals surface area contributed by atoms with Crippen molar-refractivity contribution in [3.8, 4) is 0 Å². The molecule has 0 heterocycles. The molecule has 0 aromatic heterocycles. The molecule has 0 N–H and O–H groups in total. The molecule has 0 aliphatic carbocycles. The number of Topliss-reactive ketones (excluding diaryl/α,β-unsaturated/α-hetero) is 1. The van der Waals surface area contributed by atoms with Crippen molar-refractivity contribution < 1.29 is 27.5 Å². The number of carbonyl (C=O) groups excluding carboxylic acids is 2. The van der Waals surface area contributed by atoms with Gasteiger partial charge in [-0.25, -0.2) is 4.79 Å². The minimum Gasteiger partial charge on any atom is -0.451 e. The van der Waals surface area contributed by atoms with Gasteiger partial charge in [-0.15, -0.1) is 0 Å². The molecule has 0 aliphatic heterocycles. The predicted octanol–water partition coefficient (Wildman–Crippen LogP) is 1.97. The van der Waals surface area contributed by atoms with E-state index in [9.17, 15) is 22.8 Å². The lowest BCUT2D eigenvalue weighted by Crippen LogP contribution is -2.27. The summed E-state index contributed by atoms with van der Waals surface area (Å²) in [4.78, 5) is 21.5. The van der Waals surface area contributed by atoms with Gasteiger partial charge in [-0.3, -0.25) is 4.79 Å². The molecule has 0 bridgehead atoms. The molecule has 1 rings (SSSR count). The fourth-order valence-corrected chi connectivity index (χ4v) is 0.920. The van der Waals surface area contributed by atoms with Crippen LogP contribution in [0.4, 0.5) is 13.2 Å². The standard InChI is InChI=1S/C10H7F3O3/c11-10(12,13)9(15)16-6-8(14)7-4-2-1-3-5-7/h1-5H,6H2. The summed E-state index contributed by atoms with van der Waals surface area (Å²) in [6.45, 7) is -0.914. The Morgan fingerprint density at radius 3 is 2.19 bits per heavy atom. The van der Waals surface area contributed by atoms with Crippen LogP contribution < -0.4 is 0 Å². The maximum absolute atomic E-state index is 11.7. The van der Waals surface area contributed by atoms with Crippen molar-refractivity contribution in [2.24, 2.45) is 0 Å². The lowest BCUT2D eigenvalue weighted by molar-refractivity contribution is -0.198. The van der Waals surface area contributed by atoms with Gasteiger partial charge in [0.15, 0.2) is 12.4 Å². The van der Waals surface area contributed by atoms with Crippen molar-refractivity contribution in [2.45, 2.75) is 6.18 Å². The van der Waals surface area contributed by atoms with Gasteiger partial charge in [0.25, 0.3) is 0 Å². The van der Waals surface area contributed by atoms with E-state index in [0.717, 1.165) is 0 Å². The van der Waals surface area contributed by atoms with Gasteiger partial charge in [0.2, 0.25) is 0 Å². The Kier molecular flexibility index (Phi) is 3.65. The van der Waals surface area contributed by atoms with Crippen LogP contribution in [0.15, 0.2) is 30.3 Å². The third-order valence-corrected chi connectivity index (χ3v) is 1.66. The third-order valence-electron chi connectivity index (χ3n) is 1.66. The van der Waals surface area contributed by atoms with Gasteiger partial charge in [-0.2, -0.15) is 13.2 Å². The van der Waals surface area contributed by atoms with Gasteiger partial charge >= 0.3 is 12.1 Å². The number of rotatable bonds is 3. The summed E-state index contributed by atoms with van der Waals surface area (Å²) in [5.41, 5.74) is 0.192. The van der Waals surface area contributed by atoms with E-state index in [-0.39, 0.29) is 5.56 Å². The first-order chi connectivity index (χ1) is 7.41. The SMILES string of the molecule is O=C(COC(=O)C(F)(F)F)c1ccccc1. The van der Waals surface area contributed by atoms with E-state index in [4.69, 9.17) is 0 Å². The first kappa shape index (κ1) is 12.2. The zero-order valence-electron chi connectivity index (χ0n) is 7.95. The lowest BCUT2D eigenvalue weighted by Gasteiger charge is -2.06. The second kappa shape index (κ2) is 4.78. The average Bonchev–Trinajstić information content (AvgIpc) is 2.25. The normalized spacial score (nSPS) is 10.9. The monoisotopic (exact) mass is 232 g/mol. The van der Waals surface area contributed by atoms with Crippen molar-refractivity contribution in [1.29, 1.82) is 0 Å². The maximum atomic E-state index is 11.7. The van der Waals surface area contributed by atoms with E-state index < -0.39 is 24.5 Å². The molecule has 86 valence electrons. The van der Waals surface area contributed by atoms with Gasteiger partial charge in [0.1, 0.15) is 0 Å². The van der Waals surface area contributed by atoms with E-state index in [1.54, 1.807) is 18.2 Å². The number of ketones is 1. The molecule has 3 nitrogen and oxygen atoms in total. The van der Waals surface area contributed by atoms with Crippen LogP contribution in [0.5, 0.6) is 0 Å². The number of hydrogen-bond donors (Lipinski definition) is 0. The molecular formula is C10H7F3O3. The van der Waals surface area contributed by atoms with Crippen LogP contribution in [0.2, 0.25) is 0 Å². The highest BCUT2D eigenvalue weighted by Gasteiger charge is 2.41. The summed E-state index contributed by atoms with van der Waals surface area (Å²) in [6.07, 6.45) is -5.07. The highest BCUT2D eigenvalue weighted by molar-refractivity contribution is 5.98. The van der Waals surface area contributed by atoms with Crippen LogP contribution in [0, 0.1) is 0 Å². The number of benzene rings is 1. The number of halogens is 3. The molecule has 0 spiro atoms. The molecule has 0 radical (unpaired) electrons.